The van der Waals surface area contributed by atoms with Crippen molar-refractivity contribution in [2.24, 2.45) is 4.99 Å². The average Bonchev–Trinajstić information content (AvgIpc) is 2.74. The molecule has 1 aromatic heterocycles. The highest BCUT2D eigenvalue weighted by atomic mass is 127. The summed E-state index contributed by atoms with van der Waals surface area (Å²) in [5.41, 5.74) is 0. The Morgan fingerprint density at radius 2 is 1.76 bits per heavy atom. The molecule has 2 heterocycles. The lowest BCUT2D eigenvalue weighted by Crippen LogP contribution is -2.52. The molecule has 0 atom stereocenters. The average molecular weight is 529 g/mol. The summed E-state index contributed by atoms with van der Waals surface area (Å²) in [7, 11) is -3.32. The lowest BCUT2D eigenvalue weighted by molar-refractivity contribution is 0.372. The molecule has 9 heteroatoms. The molecule has 0 bridgehead atoms. The zero-order valence-corrected chi connectivity index (χ0v) is 19.7. The van der Waals surface area contributed by atoms with Crippen LogP contribution in [0, 0.1) is 0 Å². The summed E-state index contributed by atoms with van der Waals surface area (Å²) in [6.07, 6.45) is 1.81. The Morgan fingerprint density at radius 3 is 2.38 bits per heavy atom. The van der Waals surface area contributed by atoms with E-state index in [0.29, 0.717) is 4.90 Å². The molecule has 2 aromatic rings. The highest BCUT2D eigenvalue weighted by Gasteiger charge is 2.21. The summed E-state index contributed by atoms with van der Waals surface area (Å²) in [6, 6.07) is 14.5. The normalized spacial score (nSPS) is 15.0. The summed E-state index contributed by atoms with van der Waals surface area (Å²) in [5.74, 6) is 1.75. The summed E-state index contributed by atoms with van der Waals surface area (Å²) in [6.45, 7) is 6.32. The SMILES string of the molecule is CCNC(=NCCS(=O)(=O)c1ccccc1)N1CCN(c2ccccn2)CC1.I. The first kappa shape index (κ1) is 23.4. The predicted octanol–water partition coefficient (Wildman–Crippen LogP) is 2.26. The second kappa shape index (κ2) is 11.3. The molecule has 1 aliphatic rings. The van der Waals surface area contributed by atoms with Gasteiger partial charge in [-0.1, -0.05) is 24.3 Å². The number of rotatable bonds is 6. The zero-order valence-electron chi connectivity index (χ0n) is 16.6. The van der Waals surface area contributed by atoms with E-state index < -0.39 is 9.84 Å². The highest BCUT2D eigenvalue weighted by molar-refractivity contribution is 14.0. The Labute approximate surface area is 190 Å². The van der Waals surface area contributed by atoms with Crippen LogP contribution in [0.1, 0.15) is 6.92 Å². The van der Waals surface area contributed by atoms with Gasteiger partial charge in [0, 0.05) is 38.9 Å². The van der Waals surface area contributed by atoms with Crippen LogP contribution in [0.25, 0.3) is 0 Å². The molecule has 0 radical (unpaired) electrons. The van der Waals surface area contributed by atoms with Crippen molar-refractivity contribution in [2.45, 2.75) is 11.8 Å². The molecule has 1 fully saturated rings. The topological polar surface area (TPSA) is 77.9 Å². The number of aromatic nitrogens is 1. The van der Waals surface area contributed by atoms with Crippen molar-refractivity contribution < 1.29 is 8.42 Å². The molecule has 1 saturated heterocycles. The maximum atomic E-state index is 12.4. The third kappa shape index (κ3) is 6.56. The number of piperazine rings is 1. The molecule has 7 nitrogen and oxygen atoms in total. The van der Waals surface area contributed by atoms with E-state index in [1.807, 2.05) is 31.2 Å². The Morgan fingerprint density at radius 1 is 1.07 bits per heavy atom. The molecular weight excluding hydrogens is 501 g/mol. The molecule has 29 heavy (non-hydrogen) atoms. The maximum Gasteiger partial charge on any atom is 0.194 e. The third-order valence-corrected chi connectivity index (χ3v) is 6.32. The number of sulfone groups is 1. The fourth-order valence-electron chi connectivity index (χ4n) is 3.13. The quantitative estimate of drug-likeness (QED) is 0.352. The van der Waals surface area contributed by atoms with Gasteiger partial charge in [0.25, 0.3) is 0 Å². The minimum Gasteiger partial charge on any atom is -0.357 e. The van der Waals surface area contributed by atoms with Crippen LogP contribution >= 0.6 is 24.0 Å². The third-order valence-electron chi connectivity index (χ3n) is 4.61. The van der Waals surface area contributed by atoms with Crippen LogP contribution in [-0.4, -0.2) is 69.3 Å². The number of benzene rings is 1. The van der Waals surface area contributed by atoms with Crippen LogP contribution < -0.4 is 10.2 Å². The van der Waals surface area contributed by atoms with Crippen LogP contribution in [0.3, 0.4) is 0 Å². The number of guanidine groups is 1. The molecule has 158 valence electrons. The molecule has 0 saturated carbocycles. The first-order valence-corrected chi connectivity index (χ1v) is 11.2. The van der Waals surface area contributed by atoms with E-state index in [0.717, 1.165) is 44.5 Å². The molecule has 1 aliphatic heterocycles. The van der Waals surface area contributed by atoms with Gasteiger partial charge in [0.05, 0.1) is 17.2 Å². The van der Waals surface area contributed by atoms with Crippen molar-refractivity contribution in [1.82, 2.24) is 15.2 Å². The lowest BCUT2D eigenvalue weighted by Gasteiger charge is -2.37. The van der Waals surface area contributed by atoms with E-state index in [1.165, 1.54) is 0 Å². The van der Waals surface area contributed by atoms with Crippen LogP contribution in [0.5, 0.6) is 0 Å². The van der Waals surface area contributed by atoms with Gasteiger partial charge in [-0.15, -0.1) is 24.0 Å². The van der Waals surface area contributed by atoms with Crippen molar-refractivity contribution >= 4 is 45.6 Å². The number of hydrogen-bond acceptors (Lipinski definition) is 5. The molecule has 1 N–H and O–H groups in total. The van der Waals surface area contributed by atoms with Crippen molar-refractivity contribution in [3.05, 3.63) is 54.7 Å². The van der Waals surface area contributed by atoms with Crippen LogP contribution in [0.15, 0.2) is 64.6 Å². The van der Waals surface area contributed by atoms with E-state index in [1.54, 1.807) is 30.5 Å². The second-order valence-corrected chi connectivity index (χ2v) is 8.64. The van der Waals surface area contributed by atoms with Crippen molar-refractivity contribution in [1.29, 1.82) is 0 Å². The van der Waals surface area contributed by atoms with Crippen molar-refractivity contribution in [2.75, 3.05) is 49.9 Å². The summed E-state index contributed by atoms with van der Waals surface area (Å²) < 4.78 is 24.9. The van der Waals surface area contributed by atoms with Gasteiger partial charge in [0.1, 0.15) is 5.82 Å². The molecule has 3 rings (SSSR count). The minimum absolute atomic E-state index is 0. The van der Waals surface area contributed by atoms with Crippen molar-refractivity contribution in [3.8, 4) is 0 Å². The Hall–Kier alpha value is -1.88. The monoisotopic (exact) mass is 529 g/mol. The smallest absolute Gasteiger partial charge is 0.194 e. The maximum absolute atomic E-state index is 12.4. The lowest BCUT2D eigenvalue weighted by atomic mass is 10.3. The van der Waals surface area contributed by atoms with Gasteiger partial charge in [-0.25, -0.2) is 13.4 Å². The van der Waals surface area contributed by atoms with Gasteiger partial charge in [0.15, 0.2) is 15.8 Å². The second-order valence-electron chi connectivity index (χ2n) is 6.53. The Kier molecular flexibility index (Phi) is 9.15. The molecule has 0 unspecified atom stereocenters. The highest BCUT2D eigenvalue weighted by Crippen LogP contribution is 2.13. The van der Waals surface area contributed by atoms with Crippen LogP contribution in [0.2, 0.25) is 0 Å². The molecule has 0 aliphatic carbocycles. The summed E-state index contributed by atoms with van der Waals surface area (Å²) >= 11 is 0. The first-order valence-electron chi connectivity index (χ1n) is 9.57. The van der Waals surface area contributed by atoms with Crippen LogP contribution in [0.4, 0.5) is 5.82 Å². The van der Waals surface area contributed by atoms with E-state index in [4.69, 9.17) is 0 Å². The van der Waals surface area contributed by atoms with Gasteiger partial charge >= 0.3 is 0 Å². The Bertz CT molecular complexity index is 870. The minimum atomic E-state index is -3.32. The number of aliphatic imine (C=N–C) groups is 1. The number of nitrogens with one attached hydrogen (secondary N) is 1. The molecule has 0 amide bonds. The van der Waals surface area contributed by atoms with Crippen molar-refractivity contribution in [3.63, 3.8) is 0 Å². The molecular formula is C20H28IN5O2S. The number of anilines is 1. The van der Waals surface area contributed by atoms with Gasteiger partial charge in [-0.3, -0.25) is 4.99 Å². The van der Waals surface area contributed by atoms with Gasteiger partial charge < -0.3 is 15.1 Å². The number of nitrogens with zero attached hydrogens (tertiary/aromatic N) is 4. The van der Waals surface area contributed by atoms with Gasteiger partial charge in [0.2, 0.25) is 0 Å². The fourth-order valence-corrected chi connectivity index (χ4v) is 4.27. The molecule has 0 spiro atoms. The fraction of sp³-hybridized carbons (Fsp3) is 0.400. The zero-order chi connectivity index (χ0) is 19.8. The number of hydrogen-bond donors (Lipinski definition) is 1. The number of halogens is 1. The standard InChI is InChI=1S/C20H27N5O2S.HI/c1-2-21-20(23-12-17-28(26,27)18-8-4-3-5-9-18)25-15-13-24(14-16-25)19-10-6-7-11-22-19;/h3-11H,2,12-17H2,1H3,(H,21,23);1H. The van der Waals surface area contributed by atoms with Gasteiger partial charge in [-0.05, 0) is 31.2 Å². The van der Waals surface area contributed by atoms with Crippen LogP contribution in [-0.2, 0) is 9.84 Å². The predicted molar refractivity (Wildman–Crippen MR) is 128 cm³/mol. The summed E-state index contributed by atoms with van der Waals surface area (Å²) in [5, 5.41) is 3.28. The Balaban J connectivity index is 0.00000300. The van der Waals surface area contributed by atoms with E-state index in [9.17, 15) is 8.42 Å². The number of pyridine rings is 1. The largest absolute Gasteiger partial charge is 0.357 e. The van der Waals surface area contributed by atoms with E-state index >= 15 is 0 Å². The summed E-state index contributed by atoms with van der Waals surface area (Å²) in [4.78, 5) is 13.7. The van der Waals surface area contributed by atoms with E-state index in [-0.39, 0.29) is 36.3 Å². The van der Waals surface area contributed by atoms with E-state index in [2.05, 4.69) is 25.1 Å². The first-order chi connectivity index (χ1) is 13.6. The molecule has 1 aromatic carbocycles. The van der Waals surface area contributed by atoms with Gasteiger partial charge in [-0.2, -0.15) is 0 Å².